The summed E-state index contributed by atoms with van der Waals surface area (Å²) < 4.78 is 48.6. The minimum atomic E-state index is -4.51. The number of benzene rings is 1. The summed E-state index contributed by atoms with van der Waals surface area (Å²) in [6, 6.07) is 6.49. The van der Waals surface area contributed by atoms with Crippen molar-refractivity contribution >= 4 is 11.8 Å². The van der Waals surface area contributed by atoms with E-state index in [2.05, 4.69) is 20.3 Å². The molecule has 9 heteroatoms. The monoisotopic (exact) mass is 341 g/mol. The summed E-state index contributed by atoms with van der Waals surface area (Å²) in [5.41, 5.74) is -0.765. The number of rotatable bonds is 5. The van der Waals surface area contributed by atoms with Crippen LogP contribution >= 0.6 is 0 Å². The maximum atomic E-state index is 13.1. The van der Waals surface area contributed by atoms with Gasteiger partial charge in [0.1, 0.15) is 11.6 Å². The molecule has 0 aliphatic heterocycles. The molecule has 0 aliphatic carbocycles. The van der Waals surface area contributed by atoms with Gasteiger partial charge in [0.2, 0.25) is 0 Å². The predicted octanol–water partition coefficient (Wildman–Crippen LogP) is 2.90. The number of halogens is 3. The largest absolute Gasteiger partial charge is 0.497 e. The first-order valence-electron chi connectivity index (χ1n) is 6.75. The van der Waals surface area contributed by atoms with Gasteiger partial charge in [0, 0.05) is 6.54 Å². The zero-order chi connectivity index (χ0) is 17.7. The molecule has 0 atom stereocenters. The minimum absolute atomic E-state index is 0.00322. The number of hydrogen-bond donors (Lipinski definition) is 1. The van der Waals surface area contributed by atoms with Crippen molar-refractivity contribution < 1.29 is 27.4 Å². The Bertz CT molecular complexity index is 718. The number of hydrogen-bond acceptors (Lipinski definition) is 6. The van der Waals surface area contributed by atoms with E-state index in [0.29, 0.717) is 0 Å². The molecule has 0 bridgehead atoms. The lowest BCUT2D eigenvalue weighted by atomic mass is 10.1. The molecule has 0 spiro atoms. The molecule has 1 N–H and O–H groups in total. The number of carbonyl (C=O) groups is 1. The fraction of sp³-hybridized carbons (Fsp3) is 0.267. The highest BCUT2D eigenvalue weighted by atomic mass is 19.4. The summed E-state index contributed by atoms with van der Waals surface area (Å²) in [5, 5.41) is 10.1. The van der Waals surface area contributed by atoms with E-state index in [-0.39, 0.29) is 29.4 Å². The van der Waals surface area contributed by atoms with E-state index in [9.17, 15) is 18.0 Å². The van der Waals surface area contributed by atoms with Crippen molar-refractivity contribution in [2.24, 2.45) is 0 Å². The molecule has 0 radical (unpaired) electrons. The van der Waals surface area contributed by atoms with Crippen molar-refractivity contribution in [1.82, 2.24) is 10.2 Å². The molecular weight excluding hydrogens is 327 g/mol. The fourth-order valence-corrected chi connectivity index (χ4v) is 1.93. The second-order valence-electron chi connectivity index (χ2n) is 4.67. The molecule has 1 aromatic carbocycles. The summed E-state index contributed by atoms with van der Waals surface area (Å²) in [7, 11) is 2.50. The van der Waals surface area contributed by atoms with Gasteiger partial charge in [-0.2, -0.15) is 13.2 Å². The summed E-state index contributed by atoms with van der Waals surface area (Å²) in [4.78, 5) is 11.2. The Labute approximate surface area is 135 Å². The molecule has 0 saturated heterocycles. The second kappa shape index (κ2) is 7.16. The summed E-state index contributed by atoms with van der Waals surface area (Å²) in [5.74, 6) is -0.302. The Kier molecular flexibility index (Phi) is 5.22. The molecule has 0 aliphatic rings. The van der Waals surface area contributed by atoms with Gasteiger partial charge in [-0.15, -0.1) is 10.2 Å². The predicted molar refractivity (Wildman–Crippen MR) is 78.7 cm³/mol. The van der Waals surface area contributed by atoms with Gasteiger partial charge in [-0.25, -0.2) is 4.79 Å². The Morgan fingerprint density at radius 3 is 2.46 bits per heavy atom. The van der Waals surface area contributed by atoms with Crippen molar-refractivity contribution in [2.45, 2.75) is 12.7 Å². The fourth-order valence-electron chi connectivity index (χ4n) is 1.93. The van der Waals surface area contributed by atoms with E-state index >= 15 is 0 Å². The van der Waals surface area contributed by atoms with Crippen LogP contribution in [0.15, 0.2) is 30.3 Å². The molecule has 2 rings (SSSR count). The first-order chi connectivity index (χ1) is 11.3. The van der Waals surface area contributed by atoms with Gasteiger partial charge in [-0.3, -0.25) is 0 Å². The highest BCUT2D eigenvalue weighted by Crippen LogP contribution is 2.34. The lowest BCUT2D eigenvalue weighted by Crippen LogP contribution is -2.13. The number of esters is 1. The van der Waals surface area contributed by atoms with Crippen LogP contribution in [0.5, 0.6) is 5.75 Å². The van der Waals surface area contributed by atoms with Crippen LogP contribution in [0, 0.1) is 0 Å². The van der Waals surface area contributed by atoms with Gasteiger partial charge in [-0.1, -0.05) is 6.07 Å². The van der Waals surface area contributed by atoms with Crippen LogP contribution in [0.4, 0.5) is 19.0 Å². The molecule has 6 nitrogen and oxygen atoms in total. The number of ether oxygens (including phenoxy) is 2. The van der Waals surface area contributed by atoms with E-state index in [0.717, 1.165) is 6.07 Å². The Morgan fingerprint density at radius 2 is 1.92 bits per heavy atom. The zero-order valence-electron chi connectivity index (χ0n) is 12.8. The first kappa shape index (κ1) is 17.5. The number of aromatic nitrogens is 2. The Hall–Kier alpha value is -2.84. The van der Waals surface area contributed by atoms with Gasteiger partial charge in [0.25, 0.3) is 0 Å². The van der Waals surface area contributed by atoms with Crippen LogP contribution in [0.1, 0.15) is 21.6 Å². The number of carbonyl (C=O) groups excluding carboxylic acids is 1. The maximum absolute atomic E-state index is 13.1. The molecule has 0 saturated carbocycles. The van der Waals surface area contributed by atoms with Gasteiger partial charge >= 0.3 is 12.1 Å². The van der Waals surface area contributed by atoms with Gasteiger partial charge < -0.3 is 14.8 Å². The smallest absolute Gasteiger partial charge is 0.416 e. The standard InChI is InChI=1S/C15H14F3N3O3/c1-23-10-4-3-9(11(7-10)15(16,17)18)8-19-13-6-5-12(20-21-13)14(22)24-2/h3-7H,8H2,1-2H3,(H,19,21). The number of nitrogens with zero attached hydrogens (tertiary/aromatic N) is 2. The highest BCUT2D eigenvalue weighted by molar-refractivity contribution is 5.86. The van der Waals surface area contributed by atoms with Gasteiger partial charge in [0.15, 0.2) is 5.69 Å². The molecule has 0 fully saturated rings. The normalized spacial score (nSPS) is 11.0. The number of alkyl halides is 3. The average molecular weight is 341 g/mol. The summed E-state index contributed by atoms with van der Waals surface area (Å²) in [6.45, 7) is -0.120. The summed E-state index contributed by atoms with van der Waals surface area (Å²) >= 11 is 0. The Morgan fingerprint density at radius 1 is 1.17 bits per heavy atom. The molecule has 24 heavy (non-hydrogen) atoms. The third-order valence-corrected chi connectivity index (χ3v) is 3.14. The summed E-state index contributed by atoms with van der Waals surface area (Å²) in [6.07, 6.45) is -4.51. The lowest BCUT2D eigenvalue weighted by molar-refractivity contribution is -0.138. The van der Waals surface area contributed by atoms with Crippen molar-refractivity contribution in [2.75, 3.05) is 19.5 Å². The molecule has 128 valence electrons. The van der Waals surface area contributed by atoms with Crippen LogP contribution in [-0.2, 0) is 17.5 Å². The Balaban J connectivity index is 2.15. The first-order valence-corrected chi connectivity index (χ1v) is 6.75. The van der Waals surface area contributed by atoms with Gasteiger partial charge in [0.05, 0.1) is 19.8 Å². The maximum Gasteiger partial charge on any atom is 0.416 e. The number of nitrogens with one attached hydrogen (secondary N) is 1. The SMILES string of the molecule is COC(=O)c1ccc(NCc2ccc(OC)cc2C(F)(F)F)nn1. The van der Waals surface area contributed by atoms with Crippen LogP contribution in [0.2, 0.25) is 0 Å². The van der Waals surface area contributed by atoms with Crippen LogP contribution in [0.3, 0.4) is 0 Å². The topological polar surface area (TPSA) is 73.3 Å². The molecule has 0 amide bonds. The van der Waals surface area contributed by atoms with Crippen molar-refractivity contribution in [3.05, 3.63) is 47.2 Å². The zero-order valence-corrected chi connectivity index (χ0v) is 12.8. The number of methoxy groups -OCH3 is 2. The van der Waals surface area contributed by atoms with E-state index in [1.807, 2.05) is 0 Å². The quantitative estimate of drug-likeness (QED) is 0.843. The third kappa shape index (κ3) is 4.12. The van der Waals surface area contributed by atoms with Crippen molar-refractivity contribution in [3.8, 4) is 5.75 Å². The van der Waals surface area contributed by atoms with Crippen LogP contribution in [-0.4, -0.2) is 30.4 Å². The number of anilines is 1. The van der Waals surface area contributed by atoms with Crippen molar-refractivity contribution in [1.29, 1.82) is 0 Å². The van der Waals surface area contributed by atoms with E-state index < -0.39 is 17.7 Å². The lowest BCUT2D eigenvalue weighted by Gasteiger charge is -2.15. The van der Waals surface area contributed by atoms with Gasteiger partial charge in [-0.05, 0) is 29.8 Å². The van der Waals surface area contributed by atoms with Crippen molar-refractivity contribution in [3.63, 3.8) is 0 Å². The van der Waals surface area contributed by atoms with E-state index in [4.69, 9.17) is 4.74 Å². The third-order valence-electron chi connectivity index (χ3n) is 3.14. The second-order valence-corrected chi connectivity index (χ2v) is 4.67. The molecular formula is C15H14F3N3O3. The molecule has 2 aromatic rings. The van der Waals surface area contributed by atoms with E-state index in [1.54, 1.807) is 0 Å². The van der Waals surface area contributed by atoms with Crippen LogP contribution < -0.4 is 10.1 Å². The van der Waals surface area contributed by atoms with E-state index in [1.165, 1.54) is 38.5 Å². The average Bonchev–Trinajstić information content (AvgIpc) is 2.58. The minimum Gasteiger partial charge on any atom is -0.497 e. The van der Waals surface area contributed by atoms with Crippen LogP contribution in [0.25, 0.3) is 0 Å². The molecule has 1 aromatic heterocycles. The highest BCUT2D eigenvalue weighted by Gasteiger charge is 2.33. The molecule has 1 heterocycles. The molecule has 0 unspecified atom stereocenters.